The maximum Gasteiger partial charge on any atom is 0.191 e. The van der Waals surface area contributed by atoms with Crippen molar-refractivity contribution in [1.82, 2.24) is 40.2 Å². The Morgan fingerprint density at radius 3 is 2.52 bits per heavy atom. The Hall–Kier alpha value is -3.28. The fraction of sp³-hybridized carbons (Fsp3) is 0.261. The number of aromatic nitrogens is 6. The van der Waals surface area contributed by atoms with Crippen LogP contribution < -0.4 is 10.6 Å². The maximum atomic E-state index is 4.78. The number of halogens is 1. The second kappa shape index (κ2) is 12.1. The monoisotopic (exact) mass is 557 g/mol. The second-order valence-corrected chi connectivity index (χ2v) is 7.30. The van der Waals surface area contributed by atoms with Crippen LogP contribution in [0.15, 0.2) is 72.5 Å². The minimum absolute atomic E-state index is 0. The number of hydrogen-bond donors (Lipinski definition) is 2. The van der Waals surface area contributed by atoms with Crippen molar-refractivity contribution in [2.45, 2.75) is 26.6 Å². The number of rotatable bonds is 8. The van der Waals surface area contributed by atoms with E-state index < -0.39 is 0 Å². The summed E-state index contributed by atoms with van der Waals surface area (Å²) in [6.07, 6.45) is 4.82. The van der Waals surface area contributed by atoms with Gasteiger partial charge in [0.15, 0.2) is 5.96 Å². The van der Waals surface area contributed by atoms with Crippen LogP contribution in [0.4, 0.5) is 0 Å². The van der Waals surface area contributed by atoms with Crippen molar-refractivity contribution in [3.63, 3.8) is 0 Å². The zero-order chi connectivity index (χ0) is 22.2. The molecule has 2 heterocycles. The highest BCUT2D eigenvalue weighted by Gasteiger charge is 2.07. The SMILES string of the molecule is CCNC(=NCc1ccccc1-c1ccc(Cn2cncn2)cc1)NCc1ncnn1C.I. The van der Waals surface area contributed by atoms with Gasteiger partial charge in [-0.15, -0.1) is 24.0 Å². The predicted molar refractivity (Wildman–Crippen MR) is 139 cm³/mol. The van der Waals surface area contributed by atoms with Crippen LogP contribution in [0.3, 0.4) is 0 Å². The predicted octanol–water partition coefficient (Wildman–Crippen LogP) is 3.00. The minimum Gasteiger partial charge on any atom is -0.357 e. The molecule has 2 N–H and O–H groups in total. The normalized spacial score (nSPS) is 11.2. The number of nitrogens with one attached hydrogen (secondary N) is 2. The molecule has 0 radical (unpaired) electrons. The molecule has 0 atom stereocenters. The Morgan fingerprint density at radius 1 is 1.00 bits per heavy atom. The van der Waals surface area contributed by atoms with E-state index in [1.165, 1.54) is 11.1 Å². The zero-order valence-electron chi connectivity index (χ0n) is 18.7. The van der Waals surface area contributed by atoms with Gasteiger partial charge >= 0.3 is 0 Å². The topological polar surface area (TPSA) is 97.8 Å². The molecule has 0 aliphatic carbocycles. The lowest BCUT2D eigenvalue weighted by Crippen LogP contribution is -2.37. The summed E-state index contributed by atoms with van der Waals surface area (Å²) in [6.45, 7) is 4.64. The van der Waals surface area contributed by atoms with Crippen LogP contribution in [0.2, 0.25) is 0 Å². The van der Waals surface area contributed by atoms with Crippen LogP contribution in [0.25, 0.3) is 11.1 Å². The highest BCUT2D eigenvalue weighted by Crippen LogP contribution is 2.25. The molecule has 2 aromatic heterocycles. The van der Waals surface area contributed by atoms with E-state index in [-0.39, 0.29) is 24.0 Å². The van der Waals surface area contributed by atoms with Gasteiger partial charge in [0, 0.05) is 13.6 Å². The van der Waals surface area contributed by atoms with Crippen molar-refractivity contribution >= 4 is 29.9 Å². The molecule has 0 bridgehead atoms. The summed E-state index contributed by atoms with van der Waals surface area (Å²) >= 11 is 0. The van der Waals surface area contributed by atoms with E-state index in [2.05, 4.69) is 73.3 Å². The van der Waals surface area contributed by atoms with Crippen LogP contribution in [0.1, 0.15) is 23.9 Å². The summed E-state index contributed by atoms with van der Waals surface area (Å²) in [5.74, 6) is 1.59. The van der Waals surface area contributed by atoms with Gasteiger partial charge in [-0.2, -0.15) is 10.2 Å². The molecule has 0 saturated carbocycles. The first-order valence-electron chi connectivity index (χ1n) is 10.6. The molecule has 4 aromatic rings. The highest BCUT2D eigenvalue weighted by molar-refractivity contribution is 14.0. The Balaban J connectivity index is 0.00000306. The van der Waals surface area contributed by atoms with Crippen molar-refractivity contribution in [2.24, 2.45) is 12.0 Å². The van der Waals surface area contributed by atoms with Gasteiger partial charge in [0.2, 0.25) is 0 Å². The van der Waals surface area contributed by atoms with Crippen LogP contribution in [0.5, 0.6) is 0 Å². The smallest absolute Gasteiger partial charge is 0.191 e. The Bertz CT molecular complexity index is 1150. The first kappa shape index (κ1) is 24.4. The van der Waals surface area contributed by atoms with E-state index in [0.29, 0.717) is 19.6 Å². The molecule has 0 saturated heterocycles. The number of aliphatic imine (C=N–C) groups is 1. The molecule has 172 valence electrons. The fourth-order valence-corrected chi connectivity index (χ4v) is 3.38. The summed E-state index contributed by atoms with van der Waals surface area (Å²) in [6, 6.07) is 16.9. The van der Waals surface area contributed by atoms with Crippen molar-refractivity contribution in [3.05, 3.63) is 84.5 Å². The number of hydrogen-bond acceptors (Lipinski definition) is 5. The summed E-state index contributed by atoms with van der Waals surface area (Å²) in [5, 5.41) is 14.9. The fourth-order valence-electron chi connectivity index (χ4n) is 3.38. The summed E-state index contributed by atoms with van der Waals surface area (Å²) in [4.78, 5) is 13.0. The molecule has 33 heavy (non-hydrogen) atoms. The van der Waals surface area contributed by atoms with Crippen molar-refractivity contribution in [3.8, 4) is 11.1 Å². The minimum atomic E-state index is 0. The van der Waals surface area contributed by atoms with Crippen molar-refractivity contribution in [1.29, 1.82) is 0 Å². The Morgan fingerprint density at radius 2 is 1.82 bits per heavy atom. The zero-order valence-corrected chi connectivity index (χ0v) is 21.0. The lowest BCUT2D eigenvalue weighted by molar-refractivity contribution is 0.673. The van der Waals surface area contributed by atoms with Crippen LogP contribution >= 0.6 is 24.0 Å². The third kappa shape index (κ3) is 6.60. The first-order valence-corrected chi connectivity index (χ1v) is 10.6. The van der Waals surface area contributed by atoms with Gasteiger partial charge < -0.3 is 10.6 Å². The number of guanidine groups is 1. The third-order valence-corrected chi connectivity index (χ3v) is 5.06. The Kier molecular flexibility index (Phi) is 8.93. The molecular weight excluding hydrogens is 529 g/mol. The molecule has 9 nitrogen and oxygen atoms in total. The van der Waals surface area contributed by atoms with Gasteiger partial charge in [-0.1, -0.05) is 48.5 Å². The van der Waals surface area contributed by atoms with Crippen molar-refractivity contribution < 1.29 is 0 Å². The van der Waals surface area contributed by atoms with Gasteiger partial charge in [0.1, 0.15) is 24.8 Å². The van der Waals surface area contributed by atoms with E-state index in [0.717, 1.165) is 29.5 Å². The number of aryl methyl sites for hydroxylation is 1. The molecule has 0 unspecified atom stereocenters. The lowest BCUT2D eigenvalue weighted by atomic mass is 9.98. The maximum absolute atomic E-state index is 4.78. The lowest BCUT2D eigenvalue weighted by Gasteiger charge is -2.13. The Labute approximate surface area is 210 Å². The van der Waals surface area contributed by atoms with Crippen LogP contribution in [-0.4, -0.2) is 42.0 Å². The van der Waals surface area contributed by atoms with Gasteiger partial charge in [0.05, 0.1) is 19.6 Å². The van der Waals surface area contributed by atoms with E-state index >= 15 is 0 Å². The quantitative estimate of drug-likeness (QED) is 0.197. The summed E-state index contributed by atoms with van der Waals surface area (Å²) in [7, 11) is 1.88. The molecule has 0 spiro atoms. The molecule has 0 fully saturated rings. The summed E-state index contributed by atoms with van der Waals surface area (Å²) in [5.41, 5.74) is 4.67. The van der Waals surface area contributed by atoms with Crippen LogP contribution in [0, 0.1) is 0 Å². The molecule has 2 aromatic carbocycles. The second-order valence-electron chi connectivity index (χ2n) is 7.30. The average molecular weight is 557 g/mol. The van der Waals surface area contributed by atoms with Gasteiger partial charge in [-0.25, -0.2) is 19.6 Å². The van der Waals surface area contributed by atoms with Gasteiger partial charge in [0.25, 0.3) is 0 Å². The molecule has 10 heteroatoms. The largest absolute Gasteiger partial charge is 0.357 e. The van der Waals surface area contributed by atoms with Crippen molar-refractivity contribution in [2.75, 3.05) is 6.54 Å². The summed E-state index contributed by atoms with van der Waals surface area (Å²) < 4.78 is 3.56. The van der Waals surface area contributed by atoms with Gasteiger partial charge in [-0.3, -0.25) is 4.68 Å². The standard InChI is InChI=1S/C23H27N9.HI/c1-3-25-23(27-13-22-28-16-29-31(22)2)26-12-20-6-4-5-7-21(20)19-10-8-18(9-11-19)14-32-17-24-15-30-32;/h4-11,15-17H,3,12-14H2,1-2H3,(H2,25,26,27);1H. The van der Waals surface area contributed by atoms with E-state index in [1.807, 2.05) is 24.7 Å². The molecule has 4 rings (SSSR count). The number of nitrogens with zero attached hydrogens (tertiary/aromatic N) is 7. The van der Waals surface area contributed by atoms with E-state index in [4.69, 9.17) is 4.99 Å². The number of benzene rings is 2. The average Bonchev–Trinajstić information content (AvgIpc) is 3.48. The van der Waals surface area contributed by atoms with E-state index in [1.54, 1.807) is 23.7 Å². The van der Waals surface area contributed by atoms with E-state index in [9.17, 15) is 0 Å². The molecule has 0 aliphatic rings. The van der Waals surface area contributed by atoms with Crippen LogP contribution in [-0.2, 0) is 26.7 Å². The highest BCUT2D eigenvalue weighted by atomic mass is 127. The molecule has 0 aliphatic heterocycles. The molecular formula is C23H28IN9. The first-order chi connectivity index (χ1) is 15.7. The third-order valence-electron chi connectivity index (χ3n) is 5.06. The molecule has 0 amide bonds. The van der Waals surface area contributed by atoms with Gasteiger partial charge in [-0.05, 0) is 29.2 Å².